The number of nitrogens with one attached hydrogen (secondary N) is 2. The van der Waals surface area contributed by atoms with E-state index < -0.39 is 0 Å². The van der Waals surface area contributed by atoms with Crippen LogP contribution in [0.4, 0.5) is 5.95 Å². The predicted molar refractivity (Wildman–Crippen MR) is 57.0 cm³/mol. The molecule has 2 N–H and O–H groups in total. The lowest BCUT2D eigenvalue weighted by Crippen LogP contribution is -2.33. The van der Waals surface area contributed by atoms with Crippen molar-refractivity contribution < 1.29 is 4.68 Å². The van der Waals surface area contributed by atoms with Crippen LogP contribution in [0.25, 0.3) is 0 Å². The molecule has 0 saturated heterocycles. The second-order valence-electron chi connectivity index (χ2n) is 3.32. The number of aromatic nitrogens is 3. The van der Waals surface area contributed by atoms with Crippen molar-refractivity contribution in [1.82, 2.24) is 10.1 Å². The predicted octanol–water partition coefficient (Wildman–Crippen LogP) is 1.57. The number of rotatable bonds is 4. The number of aryl methyl sites for hydroxylation is 1. The minimum atomic E-state index is 0.892. The average molecular weight is 197 g/mol. The Morgan fingerprint density at radius 3 is 2.79 bits per heavy atom. The van der Waals surface area contributed by atoms with E-state index in [4.69, 9.17) is 0 Å². The summed E-state index contributed by atoms with van der Waals surface area (Å²) in [5.74, 6) is 1.79. The second-order valence-corrected chi connectivity index (χ2v) is 3.32. The summed E-state index contributed by atoms with van der Waals surface area (Å²) in [4.78, 5) is 4.18. The summed E-state index contributed by atoms with van der Waals surface area (Å²) in [5.41, 5.74) is 0. The highest BCUT2D eigenvalue weighted by molar-refractivity contribution is 5.19. The standard InChI is InChI=1S/C8H14N4.C2H6/c1-2-12-6-10-8(11-12)9-5-7-3-4-7;1-2/h6-7H,2-5H2,1H3,(H,9,11);1-2H3/p+1. The topological polar surface area (TPSA) is 44.6 Å². The highest BCUT2D eigenvalue weighted by Gasteiger charge is 2.21. The van der Waals surface area contributed by atoms with Gasteiger partial charge in [0, 0.05) is 6.54 Å². The van der Waals surface area contributed by atoms with E-state index in [1.54, 1.807) is 0 Å². The zero-order chi connectivity index (χ0) is 10.4. The van der Waals surface area contributed by atoms with Gasteiger partial charge in [-0.2, -0.15) is 9.78 Å². The van der Waals surface area contributed by atoms with E-state index >= 15 is 0 Å². The highest BCUT2D eigenvalue weighted by Crippen LogP contribution is 2.28. The molecule has 0 bridgehead atoms. The van der Waals surface area contributed by atoms with E-state index in [2.05, 4.69) is 22.3 Å². The number of hydrogen-bond donors (Lipinski definition) is 2. The van der Waals surface area contributed by atoms with E-state index in [-0.39, 0.29) is 0 Å². The van der Waals surface area contributed by atoms with Crippen molar-refractivity contribution in [2.45, 2.75) is 40.2 Å². The fraction of sp³-hybridized carbons (Fsp3) is 0.800. The first-order chi connectivity index (χ1) is 6.88. The van der Waals surface area contributed by atoms with Crippen LogP contribution in [-0.2, 0) is 6.54 Å². The maximum absolute atomic E-state index is 4.18. The van der Waals surface area contributed by atoms with Gasteiger partial charge in [-0.05, 0) is 30.7 Å². The van der Waals surface area contributed by atoms with Gasteiger partial charge in [-0.1, -0.05) is 13.8 Å². The Labute approximate surface area is 85.7 Å². The van der Waals surface area contributed by atoms with Gasteiger partial charge >= 0.3 is 12.3 Å². The lowest BCUT2D eigenvalue weighted by molar-refractivity contribution is -0.747. The van der Waals surface area contributed by atoms with E-state index in [0.29, 0.717) is 0 Å². The zero-order valence-electron chi connectivity index (χ0n) is 9.38. The van der Waals surface area contributed by atoms with Crippen molar-refractivity contribution in [3.63, 3.8) is 0 Å². The van der Waals surface area contributed by atoms with Crippen molar-refractivity contribution in [1.29, 1.82) is 0 Å². The van der Waals surface area contributed by atoms with Crippen LogP contribution < -0.4 is 10.00 Å². The van der Waals surface area contributed by atoms with Crippen LogP contribution >= 0.6 is 0 Å². The number of hydrogen-bond acceptors (Lipinski definition) is 2. The van der Waals surface area contributed by atoms with Crippen LogP contribution in [0, 0.1) is 5.92 Å². The Kier molecular flexibility index (Phi) is 4.43. The highest BCUT2D eigenvalue weighted by atomic mass is 15.4. The Bertz CT molecular complexity index is 252. The molecule has 1 aromatic heterocycles. The van der Waals surface area contributed by atoms with Gasteiger partial charge in [0.25, 0.3) is 0 Å². The van der Waals surface area contributed by atoms with E-state index in [1.807, 2.05) is 24.9 Å². The molecule has 14 heavy (non-hydrogen) atoms. The molecule has 4 nitrogen and oxygen atoms in total. The van der Waals surface area contributed by atoms with Gasteiger partial charge in [-0.25, -0.2) is 0 Å². The fourth-order valence-corrected chi connectivity index (χ4v) is 1.13. The zero-order valence-corrected chi connectivity index (χ0v) is 9.38. The molecule has 0 atom stereocenters. The van der Waals surface area contributed by atoms with Crippen molar-refractivity contribution in [3.8, 4) is 0 Å². The van der Waals surface area contributed by atoms with Gasteiger partial charge in [-0.3, -0.25) is 0 Å². The molecule has 1 saturated carbocycles. The summed E-state index contributed by atoms with van der Waals surface area (Å²) in [6.45, 7) is 8.10. The molecule has 0 unspecified atom stereocenters. The van der Waals surface area contributed by atoms with E-state index in [0.717, 1.165) is 25.0 Å². The molecule has 2 rings (SSSR count). The molecule has 1 fully saturated rings. The van der Waals surface area contributed by atoms with Gasteiger partial charge in [0.2, 0.25) is 0 Å². The number of nitrogens with zero attached hydrogens (tertiary/aromatic N) is 2. The van der Waals surface area contributed by atoms with Crippen molar-refractivity contribution >= 4 is 5.95 Å². The molecule has 0 aromatic carbocycles. The van der Waals surface area contributed by atoms with Crippen molar-refractivity contribution in [3.05, 3.63) is 6.33 Å². The Morgan fingerprint density at radius 2 is 2.29 bits per heavy atom. The molecular formula is C10H21N4+. The molecule has 0 radical (unpaired) electrons. The lowest BCUT2D eigenvalue weighted by Gasteiger charge is -1.94. The average Bonchev–Trinajstić information content (AvgIpc) is 2.96. The molecule has 1 aliphatic rings. The molecule has 1 heterocycles. The van der Waals surface area contributed by atoms with Crippen LogP contribution in [0.15, 0.2) is 6.33 Å². The van der Waals surface area contributed by atoms with Crippen LogP contribution in [0.5, 0.6) is 0 Å². The number of aromatic amines is 1. The summed E-state index contributed by atoms with van der Waals surface area (Å²) in [7, 11) is 0. The maximum atomic E-state index is 4.18. The molecule has 0 aliphatic heterocycles. The summed E-state index contributed by atoms with van der Waals surface area (Å²) in [6.07, 6.45) is 4.57. The molecular weight excluding hydrogens is 176 g/mol. The monoisotopic (exact) mass is 197 g/mol. The lowest BCUT2D eigenvalue weighted by atomic mass is 10.4. The summed E-state index contributed by atoms with van der Waals surface area (Å²) in [6, 6.07) is 0. The van der Waals surface area contributed by atoms with Gasteiger partial charge in [-0.15, -0.1) is 0 Å². The van der Waals surface area contributed by atoms with Gasteiger partial charge < -0.3 is 5.32 Å². The first-order valence-corrected chi connectivity index (χ1v) is 5.57. The van der Waals surface area contributed by atoms with E-state index in [1.165, 1.54) is 12.8 Å². The minimum absolute atomic E-state index is 0.892. The quantitative estimate of drug-likeness (QED) is 0.720. The normalized spacial score (nSPS) is 14.5. The third kappa shape index (κ3) is 3.36. The second kappa shape index (κ2) is 5.62. The molecule has 1 aliphatic carbocycles. The minimum Gasteiger partial charge on any atom is -0.332 e. The molecule has 0 amide bonds. The largest absolute Gasteiger partial charge is 0.347 e. The van der Waals surface area contributed by atoms with Gasteiger partial charge in [0.1, 0.15) is 6.54 Å². The third-order valence-electron chi connectivity index (χ3n) is 2.17. The van der Waals surface area contributed by atoms with Crippen LogP contribution in [-0.4, -0.2) is 16.6 Å². The van der Waals surface area contributed by atoms with Gasteiger partial charge in [0.05, 0.1) is 0 Å². The summed E-state index contributed by atoms with van der Waals surface area (Å²) >= 11 is 0. The smallest absolute Gasteiger partial charge is 0.332 e. The van der Waals surface area contributed by atoms with Crippen molar-refractivity contribution in [2.75, 3.05) is 11.9 Å². The maximum Gasteiger partial charge on any atom is 0.347 e. The molecule has 0 spiro atoms. The van der Waals surface area contributed by atoms with Crippen LogP contribution in [0.3, 0.4) is 0 Å². The van der Waals surface area contributed by atoms with Crippen LogP contribution in [0.2, 0.25) is 0 Å². The Morgan fingerprint density at radius 1 is 1.57 bits per heavy atom. The molecule has 80 valence electrons. The first kappa shape index (κ1) is 11.0. The van der Waals surface area contributed by atoms with Crippen LogP contribution in [0.1, 0.15) is 33.6 Å². The third-order valence-corrected chi connectivity index (χ3v) is 2.17. The Hall–Kier alpha value is -1.06. The van der Waals surface area contributed by atoms with Crippen molar-refractivity contribution in [2.24, 2.45) is 5.92 Å². The SMILES string of the molecule is CC.CC[n+]1cnc(NCC2CC2)[nH]1. The number of anilines is 1. The fourth-order valence-electron chi connectivity index (χ4n) is 1.13. The Balaban J connectivity index is 0.000000461. The number of H-pyrrole nitrogens is 1. The molecule has 4 heteroatoms. The van der Waals surface area contributed by atoms with Gasteiger partial charge in [0.15, 0.2) is 0 Å². The summed E-state index contributed by atoms with van der Waals surface area (Å²) < 4.78 is 1.95. The molecule has 1 aromatic rings. The first-order valence-electron chi connectivity index (χ1n) is 5.57. The summed E-state index contributed by atoms with van der Waals surface area (Å²) in [5, 5.41) is 6.41. The van der Waals surface area contributed by atoms with E-state index in [9.17, 15) is 0 Å².